The lowest BCUT2D eigenvalue weighted by Crippen LogP contribution is -2.40. The summed E-state index contributed by atoms with van der Waals surface area (Å²) in [5, 5.41) is 0. The molecule has 0 spiro atoms. The van der Waals surface area contributed by atoms with E-state index in [9.17, 15) is 0 Å². The minimum atomic E-state index is 0.267. The molecule has 0 aliphatic carbocycles. The molecule has 0 amide bonds. The highest BCUT2D eigenvalue weighted by Gasteiger charge is 2.14. The molecule has 0 saturated carbocycles. The molecular weight excluding hydrogens is 268 g/mol. The number of hydrogen-bond donors (Lipinski definition) is 2. The topological polar surface area (TPSA) is 47.3 Å². The zero-order chi connectivity index (χ0) is 12.1. The molecule has 0 aliphatic heterocycles. The summed E-state index contributed by atoms with van der Waals surface area (Å²) in [4.78, 5) is 0. The smallest absolute Gasteiger partial charge is 0.119 e. The molecule has 0 aromatic heterocycles. The second kappa shape index (κ2) is 6.23. The van der Waals surface area contributed by atoms with E-state index in [-0.39, 0.29) is 6.04 Å². The van der Waals surface area contributed by atoms with Gasteiger partial charge in [-0.25, -0.2) is 0 Å². The fourth-order valence-corrected chi connectivity index (χ4v) is 1.97. The Balaban J connectivity index is 2.86. The molecule has 1 unspecified atom stereocenters. The van der Waals surface area contributed by atoms with Gasteiger partial charge in [0.1, 0.15) is 5.75 Å². The molecule has 0 bridgehead atoms. The molecule has 0 saturated heterocycles. The van der Waals surface area contributed by atoms with Gasteiger partial charge in [-0.3, -0.25) is 11.3 Å². The molecule has 0 heterocycles. The van der Waals surface area contributed by atoms with Crippen LogP contribution >= 0.6 is 15.9 Å². The van der Waals surface area contributed by atoms with Gasteiger partial charge >= 0.3 is 0 Å². The lowest BCUT2D eigenvalue weighted by atomic mass is 9.97. The SMILES string of the molecule is COc1ccc(Br)c(CC(NN)C(C)C)c1. The first-order chi connectivity index (χ1) is 7.58. The molecular formula is C12H19BrN2O. The Morgan fingerprint density at radius 2 is 2.12 bits per heavy atom. The second-order valence-electron chi connectivity index (χ2n) is 4.18. The molecule has 1 rings (SSSR count). The number of rotatable bonds is 5. The first kappa shape index (κ1) is 13.5. The summed E-state index contributed by atoms with van der Waals surface area (Å²) in [7, 11) is 1.67. The Morgan fingerprint density at radius 1 is 1.44 bits per heavy atom. The molecule has 4 heteroatoms. The maximum absolute atomic E-state index is 5.55. The van der Waals surface area contributed by atoms with Crippen LogP contribution in [0, 0.1) is 5.92 Å². The van der Waals surface area contributed by atoms with Crippen LogP contribution in [0.15, 0.2) is 22.7 Å². The quantitative estimate of drug-likeness (QED) is 0.646. The first-order valence-electron chi connectivity index (χ1n) is 5.37. The van der Waals surface area contributed by atoms with Gasteiger partial charge in [-0.15, -0.1) is 0 Å². The average Bonchev–Trinajstić information content (AvgIpc) is 2.27. The van der Waals surface area contributed by atoms with Crippen LogP contribution in [0.5, 0.6) is 5.75 Å². The van der Waals surface area contributed by atoms with Crippen molar-refractivity contribution in [2.45, 2.75) is 26.3 Å². The van der Waals surface area contributed by atoms with Crippen molar-refractivity contribution in [1.82, 2.24) is 5.43 Å². The van der Waals surface area contributed by atoms with Gasteiger partial charge in [0, 0.05) is 10.5 Å². The summed E-state index contributed by atoms with van der Waals surface area (Å²) >= 11 is 3.54. The van der Waals surface area contributed by atoms with E-state index >= 15 is 0 Å². The van der Waals surface area contributed by atoms with E-state index in [1.807, 2.05) is 18.2 Å². The predicted octanol–water partition coefficient (Wildman–Crippen LogP) is 2.49. The highest BCUT2D eigenvalue weighted by atomic mass is 79.9. The fraction of sp³-hybridized carbons (Fsp3) is 0.500. The van der Waals surface area contributed by atoms with Crippen molar-refractivity contribution in [1.29, 1.82) is 0 Å². The predicted molar refractivity (Wildman–Crippen MR) is 70.3 cm³/mol. The highest BCUT2D eigenvalue weighted by Crippen LogP contribution is 2.24. The molecule has 1 aromatic carbocycles. The van der Waals surface area contributed by atoms with Crippen molar-refractivity contribution in [3.05, 3.63) is 28.2 Å². The van der Waals surface area contributed by atoms with Crippen molar-refractivity contribution in [2.24, 2.45) is 11.8 Å². The fourth-order valence-electron chi connectivity index (χ4n) is 1.56. The largest absolute Gasteiger partial charge is 0.497 e. The normalized spacial score (nSPS) is 12.9. The Bertz CT molecular complexity index is 342. The molecule has 0 aliphatic rings. The third-order valence-electron chi connectivity index (χ3n) is 2.71. The van der Waals surface area contributed by atoms with E-state index < -0.39 is 0 Å². The number of methoxy groups -OCH3 is 1. The van der Waals surface area contributed by atoms with E-state index in [1.165, 1.54) is 5.56 Å². The van der Waals surface area contributed by atoms with Crippen LogP contribution in [0.2, 0.25) is 0 Å². The molecule has 1 atom stereocenters. The van der Waals surface area contributed by atoms with Gasteiger partial charge in [-0.05, 0) is 36.1 Å². The standard InChI is InChI=1S/C12H19BrN2O/c1-8(2)12(15-14)7-9-6-10(16-3)4-5-11(9)13/h4-6,8,12,15H,7,14H2,1-3H3. The molecule has 1 aromatic rings. The molecule has 0 radical (unpaired) electrons. The van der Waals surface area contributed by atoms with Crippen LogP contribution in [0.3, 0.4) is 0 Å². The van der Waals surface area contributed by atoms with Crippen LogP contribution < -0.4 is 16.0 Å². The van der Waals surface area contributed by atoms with Crippen molar-refractivity contribution in [3.63, 3.8) is 0 Å². The summed E-state index contributed by atoms with van der Waals surface area (Å²) in [6.45, 7) is 4.30. The summed E-state index contributed by atoms with van der Waals surface area (Å²) in [5.41, 5.74) is 4.06. The molecule has 3 nitrogen and oxygen atoms in total. The zero-order valence-corrected chi connectivity index (χ0v) is 11.5. The van der Waals surface area contributed by atoms with E-state index in [4.69, 9.17) is 10.6 Å². The minimum absolute atomic E-state index is 0.267. The van der Waals surface area contributed by atoms with Gasteiger partial charge in [-0.2, -0.15) is 0 Å². The van der Waals surface area contributed by atoms with E-state index in [0.29, 0.717) is 5.92 Å². The summed E-state index contributed by atoms with van der Waals surface area (Å²) in [6, 6.07) is 6.25. The van der Waals surface area contributed by atoms with Gasteiger partial charge in [0.25, 0.3) is 0 Å². The molecule has 3 N–H and O–H groups in total. The maximum Gasteiger partial charge on any atom is 0.119 e. The Labute approximate surface area is 105 Å². The van der Waals surface area contributed by atoms with E-state index in [0.717, 1.165) is 16.6 Å². The number of hydrazine groups is 1. The zero-order valence-electron chi connectivity index (χ0n) is 9.96. The van der Waals surface area contributed by atoms with E-state index in [1.54, 1.807) is 7.11 Å². The average molecular weight is 287 g/mol. The van der Waals surface area contributed by atoms with Crippen LogP contribution in [0.4, 0.5) is 0 Å². The number of nitrogens with one attached hydrogen (secondary N) is 1. The minimum Gasteiger partial charge on any atom is -0.497 e. The van der Waals surface area contributed by atoms with Crippen molar-refractivity contribution in [3.8, 4) is 5.75 Å². The lowest BCUT2D eigenvalue weighted by molar-refractivity contribution is 0.399. The van der Waals surface area contributed by atoms with Gasteiger partial charge in [0.2, 0.25) is 0 Å². The van der Waals surface area contributed by atoms with Crippen molar-refractivity contribution in [2.75, 3.05) is 7.11 Å². The first-order valence-corrected chi connectivity index (χ1v) is 6.16. The van der Waals surface area contributed by atoms with Crippen molar-refractivity contribution < 1.29 is 4.74 Å². The number of nitrogens with two attached hydrogens (primary N) is 1. The van der Waals surface area contributed by atoms with Crippen LogP contribution in [0.1, 0.15) is 19.4 Å². The third-order valence-corrected chi connectivity index (χ3v) is 3.49. The number of hydrogen-bond acceptors (Lipinski definition) is 3. The van der Waals surface area contributed by atoms with Gasteiger partial charge in [0.15, 0.2) is 0 Å². The maximum atomic E-state index is 5.55. The highest BCUT2D eigenvalue weighted by molar-refractivity contribution is 9.10. The lowest BCUT2D eigenvalue weighted by Gasteiger charge is -2.20. The third kappa shape index (κ3) is 3.47. The van der Waals surface area contributed by atoms with Gasteiger partial charge in [-0.1, -0.05) is 29.8 Å². The van der Waals surface area contributed by atoms with Crippen LogP contribution in [-0.4, -0.2) is 13.2 Å². The summed E-state index contributed by atoms with van der Waals surface area (Å²) in [6.07, 6.45) is 0.881. The van der Waals surface area contributed by atoms with Gasteiger partial charge in [0.05, 0.1) is 7.11 Å². The Hall–Kier alpha value is -0.580. The monoisotopic (exact) mass is 286 g/mol. The van der Waals surface area contributed by atoms with Gasteiger partial charge < -0.3 is 4.74 Å². The Morgan fingerprint density at radius 3 is 2.62 bits per heavy atom. The second-order valence-corrected chi connectivity index (χ2v) is 5.03. The van der Waals surface area contributed by atoms with Crippen LogP contribution in [0.25, 0.3) is 0 Å². The summed E-state index contributed by atoms with van der Waals surface area (Å²) in [5.74, 6) is 6.91. The summed E-state index contributed by atoms with van der Waals surface area (Å²) < 4.78 is 6.30. The Kier molecular flexibility index (Phi) is 5.25. The molecule has 90 valence electrons. The van der Waals surface area contributed by atoms with Crippen molar-refractivity contribution >= 4 is 15.9 Å². The molecule has 16 heavy (non-hydrogen) atoms. The van der Waals surface area contributed by atoms with E-state index in [2.05, 4.69) is 35.2 Å². The number of ether oxygens (including phenoxy) is 1. The number of halogens is 1. The van der Waals surface area contributed by atoms with Crippen LogP contribution in [-0.2, 0) is 6.42 Å². The number of benzene rings is 1. The molecule has 0 fully saturated rings.